The molecule has 130 valence electrons. The van der Waals surface area contributed by atoms with Gasteiger partial charge in [0.2, 0.25) is 5.88 Å². The number of ether oxygens (including phenoxy) is 2. The smallest absolute Gasteiger partial charge is 0.345 e. The zero-order valence-corrected chi connectivity index (χ0v) is 14.5. The number of esters is 1. The minimum Gasteiger partial charge on any atom is -0.477 e. The third-order valence-electron chi connectivity index (χ3n) is 4.03. The van der Waals surface area contributed by atoms with Crippen molar-refractivity contribution in [1.82, 2.24) is 4.98 Å². The number of hydrogen-bond acceptors (Lipinski definition) is 5. The molecule has 24 heavy (non-hydrogen) atoms. The zero-order valence-electron chi connectivity index (χ0n) is 14.5. The molecule has 2 aromatic rings. The van der Waals surface area contributed by atoms with Gasteiger partial charge < -0.3 is 15.2 Å². The van der Waals surface area contributed by atoms with E-state index in [4.69, 9.17) is 15.2 Å². The van der Waals surface area contributed by atoms with Crippen molar-refractivity contribution in [3.8, 4) is 5.88 Å². The number of benzene rings is 1. The predicted molar refractivity (Wildman–Crippen MR) is 96.4 cm³/mol. The number of nitrogens with zero attached hydrogens (tertiary/aromatic N) is 1. The first-order valence-electron chi connectivity index (χ1n) is 8.58. The molecular formula is C19H26N2O3. The van der Waals surface area contributed by atoms with E-state index in [1.807, 2.05) is 24.3 Å². The summed E-state index contributed by atoms with van der Waals surface area (Å²) in [7, 11) is 1.33. The minimum atomic E-state index is -0.524. The summed E-state index contributed by atoms with van der Waals surface area (Å²) in [6.07, 6.45) is 7.00. The fourth-order valence-electron chi connectivity index (χ4n) is 2.67. The maximum atomic E-state index is 12.1. The summed E-state index contributed by atoms with van der Waals surface area (Å²) < 4.78 is 10.6. The van der Waals surface area contributed by atoms with Crippen LogP contribution in [0.15, 0.2) is 24.3 Å². The highest BCUT2D eigenvalue weighted by atomic mass is 16.5. The van der Waals surface area contributed by atoms with Gasteiger partial charge in [0.15, 0.2) is 0 Å². The predicted octanol–water partition coefficient (Wildman–Crippen LogP) is 4.34. The monoisotopic (exact) mass is 330 g/mol. The number of aromatic nitrogens is 1. The van der Waals surface area contributed by atoms with Crippen LogP contribution in [0.4, 0.5) is 5.69 Å². The molecule has 0 atom stereocenters. The van der Waals surface area contributed by atoms with Crippen molar-refractivity contribution in [1.29, 1.82) is 0 Å². The summed E-state index contributed by atoms with van der Waals surface area (Å²) in [4.78, 5) is 16.5. The summed E-state index contributed by atoms with van der Waals surface area (Å²) in [5, 5.41) is 0.727. The van der Waals surface area contributed by atoms with Crippen LogP contribution in [-0.4, -0.2) is 24.7 Å². The van der Waals surface area contributed by atoms with Crippen LogP contribution in [0.5, 0.6) is 5.88 Å². The molecule has 0 fully saturated rings. The van der Waals surface area contributed by atoms with Crippen molar-refractivity contribution >= 4 is 22.6 Å². The standard InChI is InChI=1S/C19H26N2O3/c1-3-4-5-6-7-10-13-24-18-16(19(22)23-2)17(20)14-11-8-9-12-15(14)21-18/h8-9,11-12H,3-7,10,13H2,1-2H3,(H2,20,21). The lowest BCUT2D eigenvalue weighted by Crippen LogP contribution is -2.12. The first kappa shape index (κ1) is 18.0. The molecule has 0 saturated heterocycles. The molecule has 0 bridgehead atoms. The Kier molecular flexibility index (Phi) is 6.85. The lowest BCUT2D eigenvalue weighted by molar-refractivity contribution is 0.0596. The maximum Gasteiger partial charge on any atom is 0.345 e. The van der Waals surface area contributed by atoms with Gasteiger partial charge in [-0.1, -0.05) is 57.2 Å². The van der Waals surface area contributed by atoms with Gasteiger partial charge in [0.1, 0.15) is 5.56 Å². The first-order chi connectivity index (χ1) is 11.7. The number of carbonyl (C=O) groups excluding carboxylic acids is 1. The highest BCUT2D eigenvalue weighted by Gasteiger charge is 2.21. The molecule has 1 aromatic heterocycles. The van der Waals surface area contributed by atoms with Crippen LogP contribution >= 0.6 is 0 Å². The summed E-state index contributed by atoms with van der Waals surface area (Å²) >= 11 is 0. The first-order valence-corrected chi connectivity index (χ1v) is 8.58. The quantitative estimate of drug-likeness (QED) is 0.547. The second kappa shape index (κ2) is 9.11. The zero-order chi connectivity index (χ0) is 17.4. The van der Waals surface area contributed by atoms with E-state index in [9.17, 15) is 4.79 Å². The van der Waals surface area contributed by atoms with Gasteiger partial charge >= 0.3 is 5.97 Å². The summed E-state index contributed by atoms with van der Waals surface area (Å²) in [5.74, 6) is -0.268. The number of rotatable bonds is 9. The van der Waals surface area contributed by atoms with Crippen LogP contribution in [0, 0.1) is 0 Å². The van der Waals surface area contributed by atoms with Gasteiger partial charge in [0, 0.05) is 5.39 Å². The molecule has 5 nitrogen and oxygen atoms in total. The number of unbranched alkanes of at least 4 members (excludes halogenated alkanes) is 5. The Hall–Kier alpha value is -2.30. The Bertz CT molecular complexity index is 686. The molecule has 1 aromatic carbocycles. The van der Waals surface area contributed by atoms with E-state index in [-0.39, 0.29) is 11.4 Å². The van der Waals surface area contributed by atoms with Gasteiger partial charge in [-0.3, -0.25) is 0 Å². The second-order valence-corrected chi connectivity index (χ2v) is 5.83. The van der Waals surface area contributed by atoms with E-state index >= 15 is 0 Å². The number of nitrogens with two attached hydrogens (primary N) is 1. The molecule has 0 spiro atoms. The van der Waals surface area contributed by atoms with Crippen molar-refractivity contribution in [2.45, 2.75) is 45.4 Å². The highest BCUT2D eigenvalue weighted by molar-refractivity contribution is 6.06. The van der Waals surface area contributed by atoms with E-state index in [0.717, 1.165) is 18.2 Å². The number of methoxy groups -OCH3 is 1. The summed E-state index contributed by atoms with van der Waals surface area (Å²) in [6.45, 7) is 2.72. The molecular weight excluding hydrogens is 304 g/mol. The van der Waals surface area contributed by atoms with Gasteiger partial charge in [-0.2, -0.15) is 0 Å². The van der Waals surface area contributed by atoms with E-state index < -0.39 is 5.97 Å². The average molecular weight is 330 g/mol. The molecule has 5 heteroatoms. The van der Waals surface area contributed by atoms with Crippen LogP contribution in [0.3, 0.4) is 0 Å². The number of hydrogen-bond donors (Lipinski definition) is 1. The normalized spacial score (nSPS) is 10.8. The number of carbonyl (C=O) groups is 1. The SMILES string of the molecule is CCCCCCCCOc1nc2ccccc2c(N)c1C(=O)OC. The van der Waals surface area contributed by atoms with E-state index in [0.29, 0.717) is 17.8 Å². The summed E-state index contributed by atoms with van der Waals surface area (Å²) in [6, 6.07) is 7.42. The van der Waals surface area contributed by atoms with Gasteiger partial charge in [-0.15, -0.1) is 0 Å². The highest BCUT2D eigenvalue weighted by Crippen LogP contribution is 2.31. The van der Waals surface area contributed by atoms with E-state index in [1.54, 1.807) is 0 Å². The Balaban J connectivity index is 2.11. The number of pyridine rings is 1. The molecule has 0 aliphatic heterocycles. The number of nitrogen functional groups attached to an aromatic ring is 1. The van der Waals surface area contributed by atoms with Gasteiger partial charge in [-0.05, 0) is 12.5 Å². The van der Waals surface area contributed by atoms with Crippen molar-refractivity contribution in [3.63, 3.8) is 0 Å². The third-order valence-corrected chi connectivity index (χ3v) is 4.03. The minimum absolute atomic E-state index is 0.210. The molecule has 2 N–H and O–H groups in total. The van der Waals surface area contributed by atoms with Crippen molar-refractivity contribution in [2.75, 3.05) is 19.5 Å². The van der Waals surface area contributed by atoms with Crippen LogP contribution in [0.25, 0.3) is 10.9 Å². The molecule has 2 rings (SSSR count). The fraction of sp³-hybridized carbons (Fsp3) is 0.474. The third kappa shape index (κ3) is 4.37. The van der Waals surface area contributed by atoms with Crippen LogP contribution < -0.4 is 10.5 Å². The molecule has 0 radical (unpaired) electrons. The average Bonchev–Trinajstić information content (AvgIpc) is 2.60. The number of fused-ring (bicyclic) bond motifs is 1. The van der Waals surface area contributed by atoms with E-state index in [1.165, 1.54) is 32.8 Å². The number of para-hydroxylation sites is 1. The Labute approximate surface area is 143 Å². The van der Waals surface area contributed by atoms with Crippen molar-refractivity contribution in [2.24, 2.45) is 0 Å². The number of anilines is 1. The molecule has 0 aliphatic carbocycles. The van der Waals surface area contributed by atoms with Crippen LogP contribution in [0.2, 0.25) is 0 Å². The van der Waals surface area contributed by atoms with Crippen molar-refractivity contribution < 1.29 is 14.3 Å². The molecule has 0 unspecified atom stereocenters. The molecule has 0 saturated carbocycles. The molecule has 0 amide bonds. The largest absolute Gasteiger partial charge is 0.477 e. The molecule has 0 aliphatic rings. The van der Waals surface area contributed by atoms with Gasteiger partial charge in [-0.25, -0.2) is 9.78 Å². The Morgan fingerprint density at radius 3 is 2.58 bits per heavy atom. The Morgan fingerprint density at radius 2 is 1.83 bits per heavy atom. The topological polar surface area (TPSA) is 74.4 Å². The second-order valence-electron chi connectivity index (χ2n) is 5.83. The molecule has 1 heterocycles. The van der Waals surface area contributed by atoms with Gasteiger partial charge in [0.25, 0.3) is 0 Å². The van der Waals surface area contributed by atoms with Gasteiger partial charge in [0.05, 0.1) is 24.9 Å². The Morgan fingerprint density at radius 1 is 1.12 bits per heavy atom. The maximum absolute atomic E-state index is 12.1. The summed E-state index contributed by atoms with van der Waals surface area (Å²) in [5.41, 5.74) is 7.43. The van der Waals surface area contributed by atoms with Crippen LogP contribution in [-0.2, 0) is 4.74 Å². The van der Waals surface area contributed by atoms with E-state index in [2.05, 4.69) is 11.9 Å². The van der Waals surface area contributed by atoms with Crippen LogP contribution in [0.1, 0.15) is 55.8 Å². The lowest BCUT2D eigenvalue weighted by Gasteiger charge is -2.13. The fourth-order valence-corrected chi connectivity index (χ4v) is 2.67. The van der Waals surface area contributed by atoms with Crippen molar-refractivity contribution in [3.05, 3.63) is 29.8 Å². The lowest BCUT2D eigenvalue weighted by atomic mass is 10.1.